The Kier molecular flexibility index (Phi) is 3.02. The molecule has 0 spiro atoms. The van der Waals surface area contributed by atoms with Gasteiger partial charge in [-0.15, -0.1) is 11.6 Å². The number of nitrogens with two attached hydrogens (primary N) is 2. The first-order chi connectivity index (χ1) is 7.66. The summed E-state index contributed by atoms with van der Waals surface area (Å²) in [6.45, 7) is 0. The Morgan fingerprint density at radius 1 is 0.812 bits per heavy atom. The number of nitrogen functional groups attached to an aromatic ring is 2. The fourth-order valence-electron chi connectivity index (χ4n) is 1.63. The number of hydrogen-bond donors (Lipinski definition) is 2. The minimum atomic E-state index is -0.216. The largest absolute Gasteiger partial charge is 0.399 e. The summed E-state index contributed by atoms with van der Waals surface area (Å²) in [5.74, 6) is 0. The molecule has 0 aliphatic heterocycles. The third kappa shape index (κ3) is 2.28. The van der Waals surface area contributed by atoms with Crippen LogP contribution in [0, 0.1) is 0 Å². The summed E-state index contributed by atoms with van der Waals surface area (Å²) < 4.78 is 0. The fourth-order valence-corrected chi connectivity index (χ4v) is 1.90. The molecular weight excluding hydrogens is 220 g/mol. The van der Waals surface area contributed by atoms with E-state index in [0.717, 1.165) is 11.1 Å². The highest BCUT2D eigenvalue weighted by atomic mass is 35.5. The van der Waals surface area contributed by atoms with E-state index in [1.165, 1.54) is 0 Å². The van der Waals surface area contributed by atoms with E-state index < -0.39 is 0 Å². The van der Waals surface area contributed by atoms with Gasteiger partial charge in [0.2, 0.25) is 0 Å². The van der Waals surface area contributed by atoms with Crippen LogP contribution in [0.2, 0.25) is 0 Å². The van der Waals surface area contributed by atoms with Gasteiger partial charge in [0.25, 0.3) is 0 Å². The molecule has 0 amide bonds. The van der Waals surface area contributed by atoms with Crippen LogP contribution in [0.1, 0.15) is 16.5 Å². The van der Waals surface area contributed by atoms with E-state index in [2.05, 4.69) is 0 Å². The maximum absolute atomic E-state index is 6.36. The summed E-state index contributed by atoms with van der Waals surface area (Å²) in [6.07, 6.45) is 0. The molecule has 0 aliphatic carbocycles. The predicted molar refractivity (Wildman–Crippen MR) is 69.4 cm³/mol. The van der Waals surface area contributed by atoms with Crippen molar-refractivity contribution in [3.8, 4) is 0 Å². The van der Waals surface area contributed by atoms with Crippen molar-refractivity contribution in [3.63, 3.8) is 0 Å². The third-order valence-electron chi connectivity index (χ3n) is 2.41. The van der Waals surface area contributed by atoms with Crippen LogP contribution in [-0.2, 0) is 0 Å². The van der Waals surface area contributed by atoms with Gasteiger partial charge in [-0.25, -0.2) is 0 Å². The number of benzene rings is 2. The van der Waals surface area contributed by atoms with Crippen LogP contribution in [0.4, 0.5) is 11.4 Å². The van der Waals surface area contributed by atoms with E-state index in [9.17, 15) is 0 Å². The van der Waals surface area contributed by atoms with Gasteiger partial charge in [-0.05, 0) is 35.4 Å². The molecule has 0 saturated carbocycles. The third-order valence-corrected chi connectivity index (χ3v) is 2.91. The molecule has 2 aromatic rings. The monoisotopic (exact) mass is 232 g/mol. The Morgan fingerprint density at radius 2 is 1.25 bits per heavy atom. The quantitative estimate of drug-likeness (QED) is 0.617. The summed E-state index contributed by atoms with van der Waals surface area (Å²) in [5.41, 5.74) is 14.8. The lowest BCUT2D eigenvalue weighted by Crippen LogP contribution is -1.96. The number of anilines is 2. The Morgan fingerprint density at radius 3 is 1.62 bits per heavy atom. The summed E-state index contributed by atoms with van der Waals surface area (Å²) >= 11 is 6.36. The first-order valence-electron chi connectivity index (χ1n) is 5.02. The lowest BCUT2D eigenvalue weighted by Gasteiger charge is -2.11. The zero-order valence-corrected chi connectivity index (χ0v) is 9.48. The molecule has 4 N–H and O–H groups in total. The minimum Gasteiger partial charge on any atom is -0.399 e. The molecule has 2 rings (SSSR count). The molecule has 2 aromatic carbocycles. The second kappa shape index (κ2) is 4.45. The standard InChI is InChI=1S/C13H13ClN2/c14-13(9-3-1-5-11(15)7-9)10-4-2-6-12(16)8-10/h1-8,13H,15-16H2. The van der Waals surface area contributed by atoms with E-state index >= 15 is 0 Å². The molecule has 0 aromatic heterocycles. The molecular formula is C13H13ClN2. The number of rotatable bonds is 2. The molecule has 3 heteroatoms. The highest BCUT2D eigenvalue weighted by Crippen LogP contribution is 2.30. The summed E-state index contributed by atoms with van der Waals surface area (Å²) in [6, 6.07) is 15.1. The van der Waals surface area contributed by atoms with Gasteiger partial charge >= 0.3 is 0 Å². The minimum absolute atomic E-state index is 0.216. The van der Waals surface area contributed by atoms with Gasteiger partial charge < -0.3 is 11.5 Å². The summed E-state index contributed by atoms with van der Waals surface area (Å²) in [4.78, 5) is 0. The second-order valence-electron chi connectivity index (χ2n) is 3.70. The molecule has 2 nitrogen and oxygen atoms in total. The van der Waals surface area contributed by atoms with E-state index in [0.29, 0.717) is 11.4 Å². The van der Waals surface area contributed by atoms with Gasteiger partial charge in [-0.1, -0.05) is 24.3 Å². The number of halogens is 1. The van der Waals surface area contributed by atoms with Crippen molar-refractivity contribution in [2.45, 2.75) is 5.38 Å². The highest BCUT2D eigenvalue weighted by Gasteiger charge is 2.10. The Balaban J connectivity index is 2.35. The van der Waals surface area contributed by atoms with Gasteiger partial charge in [0.15, 0.2) is 0 Å². The van der Waals surface area contributed by atoms with Crippen molar-refractivity contribution >= 4 is 23.0 Å². The Bertz CT molecular complexity index is 451. The molecule has 0 unspecified atom stereocenters. The molecule has 0 aliphatic rings. The first kappa shape index (κ1) is 10.8. The first-order valence-corrected chi connectivity index (χ1v) is 5.45. The van der Waals surface area contributed by atoms with Crippen molar-refractivity contribution in [2.24, 2.45) is 0 Å². The summed E-state index contributed by atoms with van der Waals surface area (Å²) in [5, 5.41) is -0.216. The molecule has 0 atom stereocenters. The normalized spacial score (nSPS) is 10.6. The maximum atomic E-state index is 6.36. The van der Waals surface area contributed by atoms with Crippen molar-refractivity contribution in [2.75, 3.05) is 11.5 Å². The van der Waals surface area contributed by atoms with Crippen LogP contribution in [0.25, 0.3) is 0 Å². The fraction of sp³-hybridized carbons (Fsp3) is 0.0769. The molecule has 82 valence electrons. The van der Waals surface area contributed by atoms with E-state index in [4.69, 9.17) is 23.1 Å². The lowest BCUT2D eigenvalue weighted by atomic mass is 10.0. The molecule has 0 fully saturated rings. The van der Waals surface area contributed by atoms with Gasteiger partial charge in [-0.2, -0.15) is 0 Å². The van der Waals surface area contributed by atoms with Crippen molar-refractivity contribution < 1.29 is 0 Å². The molecule has 0 bridgehead atoms. The van der Waals surface area contributed by atoms with E-state index in [1.54, 1.807) is 0 Å². The average Bonchev–Trinajstić information content (AvgIpc) is 2.28. The van der Waals surface area contributed by atoms with Crippen LogP contribution in [-0.4, -0.2) is 0 Å². The van der Waals surface area contributed by atoms with Crippen LogP contribution in [0.5, 0.6) is 0 Å². The average molecular weight is 233 g/mol. The predicted octanol–water partition coefficient (Wildman–Crippen LogP) is 3.18. The maximum Gasteiger partial charge on any atom is 0.0836 e. The number of hydrogen-bond acceptors (Lipinski definition) is 2. The van der Waals surface area contributed by atoms with E-state index in [-0.39, 0.29) is 5.38 Å². The number of alkyl halides is 1. The van der Waals surface area contributed by atoms with E-state index in [1.807, 2.05) is 48.5 Å². The van der Waals surface area contributed by atoms with Crippen LogP contribution >= 0.6 is 11.6 Å². The topological polar surface area (TPSA) is 52.0 Å². The molecule has 0 heterocycles. The molecule has 16 heavy (non-hydrogen) atoms. The summed E-state index contributed by atoms with van der Waals surface area (Å²) in [7, 11) is 0. The van der Waals surface area contributed by atoms with Gasteiger partial charge in [0.05, 0.1) is 5.38 Å². The lowest BCUT2D eigenvalue weighted by molar-refractivity contribution is 1.14. The second-order valence-corrected chi connectivity index (χ2v) is 4.14. The van der Waals surface area contributed by atoms with Gasteiger partial charge in [0, 0.05) is 11.4 Å². The molecule has 0 radical (unpaired) electrons. The van der Waals surface area contributed by atoms with Crippen LogP contribution < -0.4 is 11.5 Å². The Hall–Kier alpha value is -1.67. The zero-order valence-electron chi connectivity index (χ0n) is 8.73. The van der Waals surface area contributed by atoms with Crippen molar-refractivity contribution in [3.05, 3.63) is 59.7 Å². The van der Waals surface area contributed by atoms with Crippen molar-refractivity contribution in [1.29, 1.82) is 0 Å². The van der Waals surface area contributed by atoms with Crippen LogP contribution in [0.3, 0.4) is 0 Å². The van der Waals surface area contributed by atoms with Crippen LogP contribution in [0.15, 0.2) is 48.5 Å². The smallest absolute Gasteiger partial charge is 0.0836 e. The van der Waals surface area contributed by atoms with Gasteiger partial charge in [0.1, 0.15) is 0 Å². The highest BCUT2D eigenvalue weighted by molar-refractivity contribution is 6.22. The Labute approximate surface area is 99.8 Å². The van der Waals surface area contributed by atoms with Gasteiger partial charge in [-0.3, -0.25) is 0 Å². The van der Waals surface area contributed by atoms with Crippen molar-refractivity contribution in [1.82, 2.24) is 0 Å². The SMILES string of the molecule is Nc1cccc(C(Cl)c2cccc(N)c2)c1. The zero-order chi connectivity index (χ0) is 11.5. The molecule has 0 saturated heterocycles.